The summed E-state index contributed by atoms with van der Waals surface area (Å²) in [5.41, 5.74) is 6.86. The molecule has 0 saturated carbocycles. The van der Waals surface area contributed by atoms with Gasteiger partial charge in [-0.05, 0) is 31.0 Å². The van der Waals surface area contributed by atoms with Gasteiger partial charge in [0.25, 0.3) is 11.6 Å². The molecule has 0 unspecified atom stereocenters. The number of nitrogens with two attached hydrogens (primary N) is 1. The Labute approximate surface area is 181 Å². The van der Waals surface area contributed by atoms with Crippen molar-refractivity contribution in [2.24, 2.45) is 5.73 Å². The van der Waals surface area contributed by atoms with Crippen molar-refractivity contribution in [1.29, 1.82) is 0 Å². The van der Waals surface area contributed by atoms with Gasteiger partial charge < -0.3 is 15.5 Å². The summed E-state index contributed by atoms with van der Waals surface area (Å²) in [6, 6.07) is 11.0. The number of likely N-dealkylation sites (tertiary alicyclic amines) is 1. The number of anilines is 1. The number of amides is 1. The fourth-order valence-electron chi connectivity index (χ4n) is 3.49. The smallest absolute Gasteiger partial charge is 0.293 e. The molecule has 8 nitrogen and oxygen atoms in total. The monoisotopic (exact) mass is 432 g/mol. The van der Waals surface area contributed by atoms with Gasteiger partial charge in [-0.25, -0.2) is 0 Å². The molecule has 1 saturated heterocycles. The highest BCUT2D eigenvalue weighted by Crippen LogP contribution is 2.29. The summed E-state index contributed by atoms with van der Waals surface area (Å²) >= 11 is 0. The van der Waals surface area contributed by atoms with Crippen molar-refractivity contribution in [3.05, 3.63) is 69.3 Å². The normalized spacial score (nSPS) is 14.0. The number of hydrogen-bond donors (Lipinski definition) is 1. The fourth-order valence-corrected chi connectivity index (χ4v) is 3.49. The molecule has 1 aliphatic heterocycles. The van der Waals surface area contributed by atoms with Crippen LogP contribution in [0.25, 0.3) is 0 Å². The second-order valence-corrected chi connectivity index (χ2v) is 7.36. The Morgan fingerprint density at radius 1 is 1.10 bits per heavy atom. The number of nitrogens with zero attached hydrogens (tertiary/aromatic N) is 3. The third-order valence-corrected chi connectivity index (χ3v) is 5.15. The predicted octanol–water partition coefficient (Wildman–Crippen LogP) is 2.88. The Hall–Kier alpha value is -2.97. The highest BCUT2D eigenvalue weighted by molar-refractivity contribution is 6.15. The number of piperidine rings is 1. The lowest BCUT2D eigenvalue weighted by Gasteiger charge is -2.30. The van der Waals surface area contributed by atoms with Crippen LogP contribution in [-0.2, 0) is 0 Å². The molecule has 0 spiro atoms. The number of benzene rings is 2. The Bertz CT molecular complexity index is 956. The van der Waals surface area contributed by atoms with Crippen molar-refractivity contribution in [3.8, 4) is 0 Å². The first-order chi connectivity index (χ1) is 13.8. The van der Waals surface area contributed by atoms with Gasteiger partial charge in [0.15, 0.2) is 5.78 Å². The molecular weight excluding hydrogens is 408 g/mol. The average molecular weight is 433 g/mol. The van der Waals surface area contributed by atoms with Crippen molar-refractivity contribution in [2.75, 3.05) is 32.1 Å². The highest BCUT2D eigenvalue weighted by atomic mass is 35.5. The van der Waals surface area contributed by atoms with Gasteiger partial charge in [0.05, 0.1) is 10.5 Å². The van der Waals surface area contributed by atoms with Crippen molar-refractivity contribution in [1.82, 2.24) is 4.90 Å². The third-order valence-electron chi connectivity index (χ3n) is 5.15. The highest BCUT2D eigenvalue weighted by Gasteiger charge is 2.26. The summed E-state index contributed by atoms with van der Waals surface area (Å²) in [6.45, 7) is 1.09. The standard InChI is InChI=1S/C21H24N4O4.ClH/c1-23(2)18-8-7-14(13-19(18)25(28)29)20(26)16-5-3-4-6-17(16)21(27)24-11-9-15(22)10-12-24;/h3-8,13,15H,9-12,22H2,1-2H3;1H. The lowest BCUT2D eigenvalue weighted by atomic mass is 9.96. The van der Waals surface area contributed by atoms with E-state index in [-0.39, 0.29) is 41.2 Å². The van der Waals surface area contributed by atoms with Crippen LogP contribution >= 0.6 is 12.4 Å². The van der Waals surface area contributed by atoms with E-state index in [1.807, 2.05) is 0 Å². The molecule has 0 radical (unpaired) electrons. The van der Waals surface area contributed by atoms with Crippen molar-refractivity contribution in [2.45, 2.75) is 18.9 Å². The lowest BCUT2D eigenvalue weighted by Crippen LogP contribution is -2.43. The van der Waals surface area contributed by atoms with Crippen LogP contribution in [0.1, 0.15) is 39.1 Å². The van der Waals surface area contributed by atoms with Crippen LogP contribution in [0, 0.1) is 10.1 Å². The van der Waals surface area contributed by atoms with Crippen LogP contribution in [0.15, 0.2) is 42.5 Å². The van der Waals surface area contributed by atoms with Gasteiger partial charge >= 0.3 is 0 Å². The number of rotatable bonds is 5. The quantitative estimate of drug-likeness (QED) is 0.442. The van der Waals surface area contributed by atoms with Crippen molar-refractivity contribution >= 4 is 35.5 Å². The largest absolute Gasteiger partial charge is 0.372 e. The number of halogens is 1. The maximum absolute atomic E-state index is 13.1. The molecule has 1 amide bonds. The van der Waals surface area contributed by atoms with E-state index in [1.54, 1.807) is 60.3 Å². The molecule has 2 N–H and O–H groups in total. The number of carbonyl (C=O) groups is 2. The second-order valence-electron chi connectivity index (χ2n) is 7.36. The minimum atomic E-state index is -0.514. The fraction of sp³-hybridized carbons (Fsp3) is 0.333. The van der Waals surface area contributed by atoms with E-state index in [0.29, 0.717) is 24.3 Å². The molecular formula is C21H25ClN4O4. The molecule has 2 aromatic rings. The summed E-state index contributed by atoms with van der Waals surface area (Å²) in [5, 5.41) is 11.4. The van der Waals surface area contributed by atoms with Gasteiger partial charge in [0.1, 0.15) is 5.69 Å². The Morgan fingerprint density at radius 3 is 2.27 bits per heavy atom. The van der Waals surface area contributed by atoms with E-state index in [4.69, 9.17) is 5.73 Å². The SMILES string of the molecule is CN(C)c1ccc(C(=O)c2ccccc2C(=O)N2CCC(N)CC2)cc1[N+](=O)[O-].Cl. The van der Waals surface area contributed by atoms with E-state index in [1.165, 1.54) is 6.07 Å². The van der Waals surface area contributed by atoms with Gasteiger partial charge in [-0.2, -0.15) is 0 Å². The van der Waals surface area contributed by atoms with Gasteiger partial charge in [-0.3, -0.25) is 19.7 Å². The van der Waals surface area contributed by atoms with E-state index >= 15 is 0 Å². The zero-order chi connectivity index (χ0) is 21.1. The van der Waals surface area contributed by atoms with Gasteiger partial charge in [0, 0.05) is 50.4 Å². The van der Waals surface area contributed by atoms with Crippen molar-refractivity contribution < 1.29 is 14.5 Å². The van der Waals surface area contributed by atoms with Crippen LogP contribution in [0.4, 0.5) is 11.4 Å². The molecule has 3 rings (SSSR count). The molecule has 1 fully saturated rings. The first-order valence-electron chi connectivity index (χ1n) is 9.44. The Kier molecular flexibility index (Phi) is 7.53. The number of hydrogen-bond acceptors (Lipinski definition) is 6. The second kappa shape index (κ2) is 9.69. The summed E-state index contributed by atoms with van der Waals surface area (Å²) < 4.78 is 0. The first-order valence-corrected chi connectivity index (χ1v) is 9.44. The molecule has 1 aliphatic rings. The number of ketones is 1. The molecule has 1 heterocycles. The first kappa shape index (κ1) is 23.3. The molecule has 0 aromatic heterocycles. The van der Waals surface area contributed by atoms with E-state index in [2.05, 4.69) is 0 Å². The molecule has 0 atom stereocenters. The molecule has 9 heteroatoms. The van der Waals surface area contributed by atoms with E-state index < -0.39 is 10.7 Å². The summed E-state index contributed by atoms with van der Waals surface area (Å²) in [4.78, 5) is 40.4. The van der Waals surface area contributed by atoms with Crippen LogP contribution in [0.2, 0.25) is 0 Å². The molecule has 30 heavy (non-hydrogen) atoms. The molecule has 160 valence electrons. The van der Waals surface area contributed by atoms with Crippen LogP contribution in [0.3, 0.4) is 0 Å². The number of nitro groups is 1. The minimum absolute atomic E-state index is 0. The van der Waals surface area contributed by atoms with E-state index in [9.17, 15) is 19.7 Å². The molecule has 2 aromatic carbocycles. The summed E-state index contributed by atoms with van der Waals surface area (Å²) in [5.74, 6) is -0.642. The predicted molar refractivity (Wildman–Crippen MR) is 118 cm³/mol. The third kappa shape index (κ3) is 4.77. The summed E-state index contributed by atoms with van der Waals surface area (Å²) in [7, 11) is 3.39. The van der Waals surface area contributed by atoms with Gasteiger partial charge in [0.2, 0.25) is 0 Å². The van der Waals surface area contributed by atoms with Crippen LogP contribution in [-0.4, -0.2) is 54.7 Å². The van der Waals surface area contributed by atoms with E-state index in [0.717, 1.165) is 12.8 Å². The number of carbonyl (C=O) groups excluding carboxylic acids is 2. The maximum atomic E-state index is 13.1. The zero-order valence-corrected chi connectivity index (χ0v) is 17.7. The van der Waals surface area contributed by atoms with Crippen LogP contribution in [0.5, 0.6) is 0 Å². The number of nitro benzene ring substituents is 1. The van der Waals surface area contributed by atoms with Crippen molar-refractivity contribution in [3.63, 3.8) is 0 Å². The Balaban J connectivity index is 0.00000320. The topological polar surface area (TPSA) is 110 Å². The average Bonchev–Trinajstić information content (AvgIpc) is 2.72. The minimum Gasteiger partial charge on any atom is -0.372 e. The maximum Gasteiger partial charge on any atom is 0.293 e. The van der Waals surface area contributed by atoms with Crippen LogP contribution < -0.4 is 10.6 Å². The summed E-state index contributed by atoms with van der Waals surface area (Å²) in [6.07, 6.45) is 1.44. The zero-order valence-electron chi connectivity index (χ0n) is 16.9. The molecule has 0 aliphatic carbocycles. The Morgan fingerprint density at radius 2 is 1.70 bits per heavy atom. The van der Waals surface area contributed by atoms with Gasteiger partial charge in [-0.1, -0.05) is 18.2 Å². The molecule has 0 bridgehead atoms. The lowest BCUT2D eigenvalue weighted by molar-refractivity contribution is -0.384. The van der Waals surface area contributed by atoms with Gasteiger partial charge in [-0.15, -0.1) is 12.4 Å².